The molecular weight excluding hydrogens is 313 g/mol. The zero-order valence-corrected chi connectivity index (χ0v) is 13.5. The highest BCUT2D eigenvalue weighted by Crippen LogP contribution is 2.20. The molecule has 2 aromatic carbocycles. The smallest absolute Gasteiger partial charge is 0.338 e. The van der Waals surface area contributed by atoms with Gasteiger partial charge in [0.05, 0.1) is 12.2 Å². The minimum Gasteiger partial charge on any atom is -0.484 e. The molecule has 24 heavy (non-hydrogen) atoms. The van der Waals surface area contributed by atoms with Crippen molar-refractivity contribution in [2.24, 2.45) is 0 Å². The van der Waals surface area contributed by atoms with Crippen molar-refractivity contribution in [3.05, 3.63) is 59.4 Å². The summed E-state index contributed by atoms with van der Waals surface area (Å²) in [5.74, 6) is -0.807. The van der Waals surface area contributed by atoms with Crippen molar-refractivity contribution in [3.63, 3.8) is 0 Å². The fourth-order valence-electron chi connectivity index (χ4n) is 2.07. The molecule has 6 heteroatoms. The number of rotatable bonds is 6. The van der Waals surface area contributed by atoms with E-state index >= 15 is 0 Å². The SMILES string of the molecule is CCOC(=O)c1cccc(NC(=O)COc2ccc(F)cc2)c1C. The van der Waals surface area contributed by atoms with Crippen molar-refractivity contribution < 1.29 is 23.5 Å². The van der Waals surface area contributed by atoms with E-state index in [9.17, 15) is 14.0 Å². The molecule has 0 atom stereocenters. The normalized spacial score (nSPS) is 10.1. The Bertz CT molecular complexity index is 728. The molecule has 0 aromatic heterocycles. The molecule has 0 fully saturated rings. The van der Waals surface area contributed by atoms with E-state index < -0.39 is 5.97 Å². The lowest BCUT2D eigenvalue weighted by Gasteiger charge is -2.12. The van der Waals surface area contributed by atoms with Crippen molar-refractivity contribution in [1.29, 1.82) is 0 Å². The summed E-state index contributed by atoms with van der Waals surface area (Å²) in [5.41, 5.74) is 1.52. The minimum absolute atomic E-state index is 0.227. The molecule has 0 radical (unpaired) electrons. The maximum Gasteiger partial charge on any atom is 0.338 e. The van der Waals surface area contributed by atoms with Gasteiger partial charge in [0.1, 0.15) is 11.6 Å². The molecule has 0 unspecified atom stereocenters. The van der Waals surface area contributed by atoms with Gasteiger partial charge in [-0.1, -0.05) is 6.07 Å². The molecular formula is C18H18FNO4. The number of nitrogens with one attached hydrogen (secondary N) is 1. The maximum absolute atomic E-state index is 12.8. The van der Waals surface area contributed by atoms with E-state index in [0.717, 1.165) is 0 Å². The summed E-state index contributed by atoms with van der Waals surface area (Å²) in [6.07, 6.45) is 0. The fourth-order valence-corrected chi connectivity index (χ4v) is 2.07. The first-order valence-electron chi connectivity index (χ1n) is 7.46. The van der Waals surface area contributed by atoms with Gasteiger partial charge in [-0.25, -0.2) is 9.18 Å². The van der Waals surface area contributed by atoms with Crippen LogP contribution in [0.1, 0.15) is 22.8 Å². The summed E-state index contributed by atoms with van der Waals surface area (Å²) in [6, 6.07) is 10.4. The van der Waals surface area contributed by atoms with Crippen LogP contribution < -0.4 is 10.1 Å². The molecule has 0 aliphatic rings. The Morgan fingerprint density at radius 3 is 2.50 bits per heavy atom. The first kappa shape index (κ1) is 17.5. The lowest BCUT2D eigenvalue weighted by Crippen LogP contribution is -2.21. The molecule has 0 saturated heterocycles. The lowest BCUT2D eigenvalue weighted by molar-refractivity contribution is -0.118. The zero-order chi connectivity index (χ0) is 17.5. The molecule has 1 amide bonds. The minimum atomic E-state index is -0.436. The number of esters is 1. The number of carbonyl (C=O) groups excluding carboxylic acids is 2. The van der Waals surface area contributed by atoms with E-state index in [0.29, 0.717) is 22.6 Å². The van der Waals surface area contributed by atoms with Gasteiger partial charge >= 0.3 is 5.97 Å². The number of ether oxygens (including phenoxy) is 2. The van der Waals surface area contributed by atoms with Crippen LogP contribution in [0.3, 0.4) is 0 Å². The summed E-state index contributed by atoms with van der Waals surface area (Å²) >= 11 is 0. The number of halogens is 1. The standard InChI is InChI=1S/C18H18FNO4/c1-3-23-18(22)15-5-4-6-16(12(15)2)20-17(21)11-24-14-9-7-13(19)8-10-14/h4-10H,3,11H2,1-2H3,(H,20,21). The van der Waals surface area contributed by atoms with Crippen LogP contribution in [0.15, 0.2) is 42.5 Å². The van der Waals surface area contributed by atoms with Gasteiger partial charge < -0.3 is 14.8 Å². The summed E-state index contributed by atoms with van der Waals surface area (Å²) in [7, 11) is 0. The average Bonchev–Trinajstić information content (AvgIpc) is 2.56. The molecule has 126 valence electrons. The molecule has 0 aliphatic carbocycles. The maximum atomic E-state index is 12.8. The van der Waals surface area contributed by atoms with Crippen LogP contribution in [0.2, 0.25) is 0 Å². The first-order valence-corrected chi connectivity index (χ1v) is 7.46. The predicted molar refractivity (Wildman–Crippen MR) is 87.7 cm³/mol. The van der Waals surface area contributed by atoms with E-state index in [1.165, 1.54) is 24.3 Å². The highest BCUT2D eigenvalue weighted by atomic mass is 19.1. The van der Waals surface area contributed by atoms with Crippen LogP contribution in [-0.2, 0) is 9.53 Å². The third-order valence-electron chi connectivity index (χ3n) is 3.29. The second-order valence-electron chi connectivity index (χ2n) is 4.99. The number of amides is 1. The molecule has 0 bridgehead atoms. The van der Waals surface area contributed by atoms with Crippen LogP contribution >= 0.6 is 0 Å². The lowest BCUT2D eigenvalue weighted by atomic mass is 10.1. The number of hydrogen-bond acceptors (Lipinski definition) is 4. The Morgan fingerprint density at radius 2 is 1.83 bits per heavy atom. The molecule has 2 rings (SSSR count). The van der Waals surface area contributed by atoms with Gasteiger partial charge in [-0.15, -0.1) is 0 Å². The molecule has 2 aromatic rings. The van der Waals surface area contributed by atoms with Crippen LogP contribution in [0.4, 0.5) is 10.1 Å². The van der Waals surface area contributed by atoms with Crippen LogP contribution in [-0.4, -0.2) is 25.1 Å². The zero-order valence-electron chi connectivity index (χ0n) is 13.5. The van der Waals surface area contributed by atoms with Crippen molar-refractivity contribution in [3.8, 4) is 5.75 Å². The Hall–Kier alpha value is -2.89. The highest BCUT2D eigenvalue weighted by molar-refractivity contribution is 5.97. The van der Waals surface area contributed by atoms with Gasteiger partial charge in [0, 0.05) is 5.69 Å². The predicted octanol–water partition coefficient (Wildman–Crippen LogP) is 3.33. The van der Waals surface area contributed by atoms with Gasteiger partial charge in [0.15, 0.2) is 6.61 Å². The third kappa shape index (κ3) is 4.55. The summed E-state index contributed by atoms with van der Waals surface area (Å²) < 4.78 is 23.1. The summed E-state index contributed by atoms with van der Waals surface area (Å²) in [5, 5.41) is 2.68. The summed E-state index contributed by atoms with van der Waals surface area (Å²) in [4.78, 5) is 23.8. The number of carbonyl (C=O) groups is 2. The first-order chi connectivity index (χ1) is 11.5. The van der Waals surface area contributed by atoms with E-state index in [2.05, 4.69) is 5.32 Å². The quantitative estimate of drug-likeness (QED) is 0.825. The average molecular weight is 331 g/mol. The van der Waals surface area contributed by atoms with E-state index in [1.807, 2.05) is 0 Å². The Morgan fingerprint density at radius 1 is 1.12 bits per heavy atom. The van der Waals surface area contributed by atoms with E-state index in [1.54, 1.807) is 32.0 Å². The van der Waals surface area contributed by atoms with Gasteiger partial charge in [0.25, 0.3) is 5.91 Å². The molecule has 5 nitrogen and oxygen atoms in total. The highest BCUT2D eigenvalue weighted by Gasteiger charge is 2.14. The Kier molecular flexibility index (Phi) is 5.89. The Labute approximate surface area is 139 Å². The van der Waals surface area contributed by atoms with Gasteiger partial charge in [-0.2, -0.15) is 0 Å². The van der Waals surface area contributed by atoms with Crippen LogP contribution in [0, 0.1) is 12.7 Å². The van der Waals surface area contributed by atoms with Gasteiger partial charge in [0.2, 0.25) is 0 Å². The third-order valence-corrected chi connectivity index (χ3v) is 3.29. The number of hydrogen-bond donors (Lipinski definition) is 1. The molecule has 0 aliphatic heterocycles. The van der Waals surface area contributed by atoms with Gasteiger partial charge in [-0.05, 0) is 55.8 Å². The number of benzene rings is 2. The van der Waals surface area contributed by atoms with E-state index in [-0.39, 0.29) is 24.9 Å². The second kappa shape index (κ2) is 8.10. The molecule has 0 spiro atoms. The topological polar surface area (TPSA) is 64.6 Å². The monoisotopic (exact) mass is 331 g/mol. The van der Waals surface area contributed by atoms with Crippen molar-refractivity contribution >= 4 is 17.6 Å². The molecule has 0 saturated carbocycles. The molecule has 1 N–H and O–H groups in total. The largest absolute Gasteiger partial charge is 0.484 e. The number of anilines is 1. The van der Waals surface area contributed by atoms with Crippen molar-refractivity contribution in [2.45, 2.75) is 13.8 Å². The van der Waals surface area contributed by atoms with E-state index in [4.69, 9.17) is 9.47 Å². The van der Waals surface area contributed by atoms with Gasteiger partial charge in [-0.3, -0.25) is 4.79 Å². The van der Waals surface area contributed by atoms with Crippen molar-refractivity contribution in [2.75, 3.05) is 18.5 Å². The Balaban J connectivity index is 1.99. The second-order valence-corrected chi connectivity index (χ2v) is 4.99. The van der Waals surface area contributed by atoms with Crippen LogP contribution in [0.25, 0.3) is 0 Å². The molecule has 0 heterocycles. The van der Waals surface area contributed by atoms with Crippen LogP contribution in [0.5, 0.6) is 5.75 Å². The van der Waals surface area contributed by atoms with Crippen molar-refractivity contribution in [1.82, 2.24) is 0 Å². The fraction of sp³-hybridized carbons (Fsp3) is 0.222. The summed E-state index contributed by atoms with van der Waals surface area (Å²) in [6.45, 7) is 3.50.